The molecule has 1 aliphatic rings. The minimum Gasteiger partial charge on any atom is -0.497 e. The molecule has 1 fully saturated rings. The third-order valence-electron chi connectivity index (χ3n) is 5.41. The maximum Gasteiger partial charge on any atom is 0.294 e. The van der Waals surface area contributed by atoms with Gasteiger partial charge in [0.05, 0.1) is 29.2 Å². The Kier molecular flexibility index (Phi) is 8.83. The Bertz CT molecular complexity index is 1410. The molecule has 1 N–H and O–H groups in total. The van der Waals surface area contributed by atoms with Crippen molar-refractivity contribution < 1.29 is 28.6 Å². The molecule has 38 heavy (non-hydrogen) atoms. The number of hydrogen-bond acceptors (Lipinski definition) is 7. The molecule has 3 aromatic carbocycles. The molecule has 0 saturated carbocycles. The van der Waals surface area contributed by atoms with Crippen molar-refractivity contribution in [2.45, 2.75) is 6.61 Å². The van der Waals surface area contributed by atoms with E-state index in [1.807, 2.05) is 6.07 Å². The zero-order valence-corrected chi connectivity index (χ0v) is 22.7. The monoisotopic (exact) mass is 572 g/mol. The summed E-state index contributed by atoms with van der Waals surface area (Å²) in [5, 5.41) is 3.03. The third-order valence-corrected chi connectivity index (χ3v) is 7.06. The molecule has 0 aliphatic carbocycles. The molecule has 8 nitrogen and oxygen atoms in total. The summed E-state index contributed by atoms with van der Waals surface area (Å²) in [6, 6.07) is 17.1. The van der Waals surface area contributed by atoms with Gasteiger partial charge in [0.15, 0.2) is 11.5 Å². The summed E-state index contributed by atoms with van der Waals surface area (Å²) < 4.78 is 16.4. The highest BCUT2D eigenvalue weighted by Crippen LogP contribution is 2.35. The van der Waals surface area contributed by atoms with E-state index in [0.29, 0.717) is 38.5 Å². The van der Waals surface area contributed by atoms with E-state index >= 15 is 0 Å². The molecule has 0 radical (unpaired) electrons. The van der Waals surface area contributed by atoms with Gasteiger partial charge in [0.25, 0.3) is 11.1 Å². The van der Waals surface area contributed by atoms with Gasteiger partial charge >= 0.3 is 0 Å². The summed E-state index contributed by atoms with van der Waals surface area (Å²) in [5.41, 5.74) is 1.97. The molecular formula is C27H22Cl2N2O6S. The molecule has 1 aliphatic heterocycles. The van der Waals surface area contributed by atoms with Crippen LogP contribution in [0.5, 0.6) is 17.2 Å². The number of amides is 3. The second-order valence-corrected chi connectivity index (χ2v) is 9.80. The fourth-order valence-electron chi connectivity index (χ4n) is 3.49. The number of ether oxygens (including phenoxy) is 3. The number of carbonyl (C=O) groups excluding carboxylic acids is 3. The zero-order chi connectivity index (χ0) is 27.2. The first-order chi connectivity index (χ1) is 18.3. The van der Waals surface area contributed by atoms with Crippen molar-refractivity contribution in [2.24, 2.45) is 0 Å². The summed E-state index contributed by atoms with van der Waals surface area (Å²) in [4.78, 5) is 38.9. The van der Waals surface area contributed by atoms with Crippen molar-refractivity contribution in [2.75, 3.05) is 26.1 Å². The second kappa shape index (κ2) is 12.3. The first-order valence-electron chi connectivity index (χ1n) is 11.2. The van der Waals surface area contributed by atoms with E-state index in [1.165, 1.54) is 7.11 Å². The zero-order valence-electron chi connectivity index (χ0n) is 20.3. The molecule has 4 rings (SSSR count). The fourth-order valence-corrected chi connectivity index (χ4v) is 4.65. The predicted molar refractivity (Wildman–Crippen MR) is 148 cm³/mol. The topological polar surface area (TPSA) is 94.2 Å². The number of methoxy groups -OCH3 is 2. The van der Waals surface area contributed by atoms with Gasteiger partial charge in [0, 0.05) is 5.69 Å². The Morgan fingerprint density at radius 2 is 1.71 bits per heavy atom. The standard InChI is InChI=1S/C27H22Cl2N2O6S/c1-35-19-7-5-18(6-8-19)30-25(32)14-31-26(33)24(38-27(31)34)13-16-4-10-22(23(12-16)36-2)37-15-17-3-9-20(28)21(29)11-17/h3-13H,14-15H2,1-2H3,(H,30,32)/b24-13+. The van der Waals surface area contributed by atoms with Gasteiger partial charge in [-0.25, -0.2) is 0 Å². The molecule has 196 valence electrons. The van der Waals surface area contributed by atoms with Crippen LogP contribution < -0.4 is 19.5 Å². The molecule has 0 spiro atoms. The van der Waals surface area contributed by atoms with E-state index in [-0.39, 0.29) is 11.5 Å². The number of rotatable bonds is 9. The van der Waals surface area contributed by atoms with Gasteiger partial charge in [-0.05, 0) is 77.5 Å². The quantitative estimate of drug-likeness (QED) is 0.302. The van der Waals surface area contributed by atoms with Crippen LogP contribution in [0.1, 0.15) is 11.1 Å². The largest absolute Gasteiger partial charge is 0.497 e. The molecule has 11 heteroatoms. The van der Waals surface area contributed by atoms with E-state index in [0.717, 1.165) is 22.2 Å². The van der Waals surface area contributed by atoms with Crippen LogP contribution in [0.15, 0.2) is 65.6 Å². The fraction of sp³-hybridized carbons (Fsp3) is 0.148. The lowest BCUT2D eigenvalue weighted by Crippen LogP contribution is -2.36. The Balaban J connectivity index is 1.41. The van der Waals surface area contributed by atoms with E-state index in [1.54, 1.807) is 67.8 Å². The lowest BCUT2D eigenvalue weighted by molar-refractivity contribution is -0.127. The summed E-state index contributed by atoms with van der Waals surface area (Å²) in [6.07, 6.45) is 1.57. The minimum atomic E-state index is -0.552. The number of nitrogens with one attached hydrogen (secondary N) is 1. The van der Waals surface area contributed by atoms with Crippen LogP contribution in [0.2, 0.25) is 10.0 Å². The Labute approximate surface area is 233 Å². The Morgan fingerprint density at radius 1 is 0.947 bits per heavy atom. The minimum absolute atomic E-state index is 0.193. The molecule has 1 saturated heterocycles. The molecule has 3 amide bonds. The Morgan fingerprint density at radius 3 is 2.39 bits per heavy atom. The van der Waals surface area contributed by atoms with Crippen molar-refractivity contribution in [3.8, 4) is 17.2 Å². The van der Waals surface area contributed by atoms with Gasteiger partial charge in [-0.3, -0.25) is 19.3 Å². The number of carbonyl (C=O) groups is 3. The normalized spacial score (nSPS) is 14.1. The molecule has 1 heterocycles. The molecule has 0 atom stereocenters. The van der Waals surface area contributed by atoms with Crippen molar-refractivity contribution in [1.82, 2.24) is 4.90 Å². The van der Waals surface area contributed by atoms with E-state index in [9.17, 15) is 14.4 Å². The maximum atomic E-state index is 12.9. The van der Waals surface area contributed by atoms with Crippen LogP contribution in [0.25, 0.3) is 6.08 Å². The van der Waals surface area contributed by atoms with Gasteiger partial charge in [-0.15, -0.1) is 0 Å². The number of thioether (sulfide) groups is 1. The second-order valence-electron chi connectivity index (χ2n) is 7.99. The number of halogens is 2. The number of nitrogens with zero attached hydrogens (tertiary/aromatic N) is 1. The highest BCUT2D eigenvalue weighted by Gasteiger charge is 2.36. The average molecular weight is 573 g/mol. The van der Waals surface area contributed by atoms with Gasteiger partial charge in [-0.1, -0.05) is 35.3 Å². The first-order valence-corrected chi connectivity index (χ1v) is 12.8. The number of imide groups is 1. The van der Waals surface area contributed by atoms with Gasteiger partial charge in [-0.2, -0.15) is 0 Å². The van der Waals surface area contributed by atoms with Crippen LogP contribution in [0.4, 0.5) is 10.5 Å². The van der Waals surface area contributed by atoms with Crippen LogP contribution in [0.3, 0.4) is 0 Å². The highest BCUT2D eigenvalue weighted by atomic mass is 35.5. The van der Waals surface area contributed by atoms with Crippen LogP contribution in [-0.4, -0.2) is 42.7 Å². The maximum absolute atomic E-state index is 12.9. The van der Waals surface area contributed by atoms with Crippen LogP contribution in [-0.2, 0) is 16.2 Å². The summed E-state index contributed by atoms with van der Waals surface area (Å²) >= 11 is 12.8. The van der Waals surface area contributed by atoms with Crippen LogP contribution >= 0.6 is 35.0 Å². The van der Waals surface area contributed by atoms with Crippen LogP contribution in [0, 0.1) is 0 Å². The lowest BCUT2D eigenvalue weighted by Gasteiger charge is -2.13. The van der Waals surface area contributed by atoms with Gasteiger partial charge < -0.3 is 19.5 Å². The molecule has 0 bridgehead atoms. The average Bonchev–Trinajstić information content (AvgIpc) is 3.17. The molecule has 0 aromatic heterocycles. The number of anilines is 1. The highest BCUT2D eigenvalue weighted by molar-refractivity contribution is 8.18. The molecule has 3 aromatic rings. The van der Waals surface area contributed by atoms with E-state index in [2.05, 4.69) is 5.32 Å². The van der Waals surface area contributed by atoms with Crippen molar-refractivity contribution in [3.05, 3.63) is 86.7 Å². The third kappa shape index (κ3) is 6.61. The van der Waals surface area contributed by atoms with Crippen molar-refractivity contribution in [3.63, 3.8) is 0 Å². The summed E-state index contributed by atoms with van der Waals surface area (Å²) in [5.74, 6) is 0.519. The van der Waals surface area contributed by atoms with Gasteiger partial charge in [0.1, 0.15) is 18.9 Å². The smallest absolute Gasteiger partial charge is 0.294 e. The molecular weight excluding hydrogens is 551 g/mol. The van der Waals surface area contributed by atoms with Gasteiger partial charge in [0.2, 0.25) is 5.91 Å². The lowest BCUT2D eigenvalue weighted by atomic mass is 10.1. The van der Waals surface area contributed by atoms with Crippen molar-refractivity contribution in [1.29, 1.82) is 0 Å². The first kappa shape index (κ1) is 27.4. The summed E-state index contributed by atoms with van der Waals surface area (Å²) in [7, 11) is 3.04. The molecule has 0 unspecified atom stereocenters. The Hall–Kier alpha value is -3.66. The number of benzene rings is 3. The van der Waals surface area contributed by atoms with Crippen molar-refractivity contribution >= 4 is 63.8 Å². The summed E-state index contributed by atoms with van der Waals surface area (Å²) in [6.45, 7) is -0.164. The predicted octanol–water partition coefficient (Wildman–Crippen LogP) is 6.26. The van der Waals surface area contributed by atoms with E-state index < -0.39 is 23.6 Å². The SMILES string of the molecule is COc1ccc(NC(=O)CN2C(=O)S/C(=C/c3ccc(OCc4ccc(Cl)c(Cl)c4)c(OC)c3)C2=O)cc1. The number of hydrogen-bond donors (Lipinski definition) is 1. The van der Waals surface area contributed by atoms with E-state index in [4.69, 9.17) is 37.4 Å².